The van der Waals surface area contributed by atoms with E-state index in [-0.39, 0.29) is 6.61 Å². The molecule has 0 aliphatic carbocycles. The van der Waals surface area contributed by atoms with Gasteiger partial charge in [0, 0.05) is 26.1 Å². The average Bonchev–Trinajstić information content (AvgIpc) is 2.75. The SMILES string of the molecule is OCCCN1CCN=C1Cc1ccccc1. The van der Waals surface area contributed by atoms with Crippen molar-refractivity contribution in [1.29, 1.82) is 0 Å². The summed E-state index contributed by atoms with van der Waals surface area (Å²) in [6.07, 6.45) is 1.74. The minimum absolute atomic E-state index is 0.259. The van der Waals surface area contributed by atoms with Crippen LogP contribution in [0.15, 0.2) is 35.3 Å². The van der Waals surface area contributed by atoms with Crippen LogP contribution in [0.1, 0.15) is 12.0 Å². The maximum absolute atomic E-state index is 8.84. The summed E-state index contributed by atoms with van der Waals surface area (Å²) in [6, 6.07) is 10.4. The van der Waals surface area contributed by atoms with E-state index >= 15 is 0 Å². The molecule has 86 valence electrons. The van der Waals surface area contributed by atoms with Gasteiger partial charge in [-0.25, -0.2) is 0 Å². The quantitative estimate of drug-likeness (QED) is 0.809. The molecule has 0 radical (unpaired) electrons. The second-order valence-electron chi connectivity index (χ2n) is 4.02. The zero-order valence-electron chi connectivity index (χ0n) is 9.47. The summed E-state index contributed by atoms with van der Waals surface area (Å²) in [6.45, 7) is 3.08. The summed E-state index contributed by atoms with van der Waals surface area (Å²) in [5.41, 5.74) is 1.30. The standard InChI is InChI=1S/C13H18N2O/c16-10-4-8-15-9-7-14-13(15)11-12-5-2-1-3-6-12/h1-3,5-6,16H,4,7-11H2. The lowest BCUT2D eigenvalue weighted by Gasteiger charge is -2.19. The predicted octanol–water partition coefficient (Wildman–Crippen LogP) is 1.33. The number of aliphatic hydroxyl groups is 1. The number of rotatable bonds is 5. The Kier molecular flexibility index (Phi) is 3.94. The third-order valence-corrected chi connectivity index (χ3v) is 2.82. The van der Waals surface area contributed by atoms with E-state index < -0.39 is 0 Å². The summed E-state index contributed by atoms with van der Waals surface area (Å²) in [5, 5.41) is 8.84. The molecule has 1 heterocycles. The number of benzene rings is 1. The molecule has 1 aliphatic rings. The number of nitrogens with zero attached hydrogens (tertiary/aromatic N) is 2. The molecule has 0 amide bonds. The van der Waals surface area contributed by atoms with Gasteiger partial charge in [0.2, 0.25) is 0 Å². The van der Waals surface area contributed by atoms with Gasteiger partial charge in [0.1, 0.15) is 5.84 Å². The molecule has 0 unspecified atom stereocenters. The molecule has 0 saturated carbocycles. The molecule has 0 atom stereocenters. The molecule has 1 aliphatic heterocycles. The Morgan fingerprint density at radius 2 is 2.06 bits per heavy atom. The normalized spacial score (nSPS) is 15.3. The molecule has 0 bridgehead atoms. The first kappa shape index (κ1) is 11.1. The molecule has 3 heteroatoms. The van der Waals surface area contributed by atoms with Gasteiger partial charge in [-0.05, 0) is 12.0 Å². The van der Waals surface area contributed by atoms with Gasteiger partial charge in [-0.2, -0.15) is 0 Å². The lowest BCUT2D eigenvalue weighted by molar-refractivity contribution is 0.270. The Morgan fingerprint density at radius 1 is 1.25 bits per heavy atom. The highest BCUT2D eigenvalue weighted by atomic mass is 16.3. The highest BCUT2D eigenvalue weighted by molar-refractivity contribution is 5.85. The van der Waals surface area contributed by atoms with Gasteiger partial charge < -0.3 is 10.0 Å². The fourth-order valence-corrected chi connectivity index (χ4v) is 1.98. The molecule has 0 spiro atoms. The summed E-state index contributed by atoms with van der Waals surface area (Å²) in [5.74, 6) is 1.17. The van der Waals surface area contributed by atoms with Crippen LogP contribution in [-0.4, -0.2) is 42.1 Å². The van der Waals surface area contributed by atoms with Crippen molar-refractivity contribution >= 4 is 5.84 Å². The topological polar surface area (TPSA) is 35.8 Å². The Morgan fingerprint density at radius 3 is 2.81 bits per heavy atom. The van der Waals surface area contributed by atoms with Crippen LogP contribution in [0.5, 0.6) is 0 Å². The van der Waals surface area contributed by atoms with Crippen LogP contribution >= 0.6 is 0 Å². The summed E-state index contributed by atoms with van der Waals surface area (Å²) in [4.78, 5) is 6.81. The highest BCUT2D eigenvalue weighted by Crippen LogP contribution is 2.09. The fraction of sp³-hybridized carbons (Fsp3) is 0.462. The van der Waals surface area contributed by atoms with E-state index in [2.05, 4.69) is 34.2 Å². The van der Waals surface area contributed by atoms with Crippen molar-refractivity contribution in [1.82, 2.24) is 4.90 Å². The van der Waals surface area contributed by atoms with Crippen molar-refractivity contribution in [3.05, 3.63) is 35.9 Å². The van der Waals surface area contributed by atoms with Crippen molar-refractivity contribution in [2.75, 3.05) is 26.2 Å². The summed E-state index contributed by atoms with van der Waals surface area (Å²) >= 11 is 0. The summed E-state index contributed by atoms with van der Waals surface area (Å²) in [7, 11) is 0. The van der Waals surface area contributed by atoms with Crippen molar-refractivity contribution in [3.8, 4) is 0 Å². The van der Waals surface area contributed by atoms with E-state index in [1.54, 1.807) is 0 Å². The van der Waals surface area contributed by atoms with Gasteiger partial charge in [0.05, 0.1) is 6.54 Å². The van der Waals surface area contributed by atoms with Crippen molar-refractivity contribution in [2.24, 2.45) is 4.99 Å². The second kappa shape index (κ2) is 5.66. The Hall–Kier alpha value is -1.35. The smallest absolute Gasteiger partial charge is 0.103 e. The lowest BCUT2D eigenvalue weighted by Crippen LogP contribution is -2.30. The molecule has 0 fully saturated rings. The van der Waals surface area contributed by atoms with Crippen molar-refractivity contribution < 1.29 is 5.11 Å². The van der Waals surface area contributed by atoms with Crippen LogP contribution in [0.25, 0.3) is 0 Å². The third-order valence-electron chi connectivity index (χ3n) is 2.82. The molecule has 16 heavy (non-hydrogen) atoms. The van der Waals surface area contributed by atoms with Gasteiger partial charge in [0.25, 0.3) is 0 Å². The second-order valence-corrected chi connectivity index (χ2v) is 4.02. The monoisotopic (exact) mass is 218 g/mol. The largest absolute Gasteiger partial charge is 0.396 e. The lowest BCUT2D eigenvalue weighted by atomic mass is 10.1. The van der Waals surface area contributed by atoms with Crippen LogP contribution < -0.4 is 0 Å². The number of aliphatic hydroxyl groups excluding tert-OH is 1. The van der Waals surface area contributed by atoms with Gasteiger partial charge >= 0.3 is 0 Å². The van der Waals surface area contributed by atoms with E-state index in [0.29, 0.717) is 0 Å². The van der Waals surface area contributed by atoms with E-state index in [9.17, 15) is 0 Å². The van der Waals surface area contributed by atoms with Gasteiger partial charge in [-0.1, -0.05) is 30.3 Å². The Balaban J connectivity index is 1.93. The first-order valence-corrected chi connectivity index (χ1v) is 5.83. The minimum Gasteiger partial charge on any atom is -0.396 e. The Bertz CT molecular complexity index is 348. The fourth-order valence-electron chi connectivity index (χ4n) is 1.98. The van der Waals surface area contributed by atoms with Crippen LogP contribution in [0.2, 0.25) is 0 Å². The first-order chi connectivity index (χ1) is 7.90. The molecular formula is C13H18N2O. The zero-order chi connectivity index (χ0) is 11.2. The maximum atomic E-state index is 8.84. The average molecular weight is 218 g/mol. The molecule has 2 rings (SSSR count). The Labute approximate surface area is 96.4 Å². The van der Waals surface area contributed by atoms with E-state index in [4.69, 9.17) is 5.11 Å². The van der Waals surface area contributed by atoms with Gasteiger partial charge in [-0.3, -0.25) is 4.99 Å². The van der Waals surface area contributed by atoms with E-state index in [0.717, 1.165) is 32.5 Å². The van der Waals surface area contributed by atoms with Crippen LogP contribution in [0.4, 0.5) is 0 Å². The molecule has 1 N–H and O–H groups in total. The molecule has 0 aromatic heterocycles. The molecule has 1 aromatic rings. The van der Waals surface area contributed by atoms with Crippen LogP contribution in [0.3, 0.4) is 0 Å². The number of hydrogen-bond donors (Lipinski definition) is 1. The summed E-state index contributed by atoms with van der Waals surface area (Å²) < 4.78 is 0. The van der Waals surface area contributed by atoms with Crippen LogP contribution in [0, 0.1) is 0 Å². The highest BCUT2D eigenvalue weighted by Gasteiger charge is 2.15. The minimum atomic E-state index is 0.259. The predicted molar refractivity (Wildman–Crippen MR) is 65.7 cm³/mol. The third kappa shape index (κ3) is 2.83. The number of aliphatic imine (C=N–C) groups is 1. The number of hydrogen-bond acceptors (Lipinski definition) is 3. The van der Waals surface area contributed by atoms with E-state index in [1.165, 1.54) is 11.4 Å². The van der Waals surface area contributed by atoms with Crippen molar-refractivity contribution in [3.63, 3.8) is 0 Å². The maximum Gasteiger partial charge on any atom is 0.103 e. The van der Waals surface area contributed by atoms with Crippen molar-refractivity contribution in [2.45, 2.75) is 12.8 Å². The molecule has 1 aromatic carbocycles. The van der Waals surface area contributed by atoms with E-state index in [1.807, 2.05) is 6.07 Å². The zero-order valence-corrected chi connectivity index (χ0v) is 9.47. The molecular weight excluding hydrogens is 200 g/mol. The molecule has 0 saturated heterocycles. The number of amidine groups is 1. The van der Waals surface area contributed by atoms with Gasteiger partial charge in [-0.15, -0.1) is 0 Å². The first-order valence-electron chi connectivity index (χ1n) is 5.83. The van der Waals surface area contributed by atoms with Gasteiger partial charge in [0.15, 0.2) is 0 Å². The molecule has 3 nitrogen and oxygen atoms in total. The van der Waals surface area contributed by atoms with Crippen LogP contribution in [-0.2, 0) is 6.42 Å².